The number of Topliss-reactive ketones (excluding diaryl/α,β-unsaturated/α-hetero) is 2. The van der Waals surface area contributed by atoms with Gasteiger partial charge in [0.1, 0.15) is 5.75 Å². The van der Waals surface area contributed by atoms with Crippen molar-refractivity contribution in [3.63, 3.8) is 0 Å². The molecule has 2 aliphatic heterocycles. The van der Waals surface area contributed by atoms with Crippen LogP contribution in [0.25, 0.3) is 0 Å². The molecule has 3 aromatic carbocycles. The average molecular weight is 502 g/mol. The molecule has 0 bridgehead atoms. The Labute approximate surface area is 211 Å². The molecule has 0 saturated carbocycles. The third-order valence-corrected chi connectivity index (χ3v) is 7.54. The van der Waals surface area contributed by atoms with E-state index in [1.54, 1.807) is 48.5 Å². The van der Waals surface area contributed by atoms with E-state index in [0.717, 1.165) is 10.5 Å². The Balaban J connectivity index is 1.56. The van der Waals surface area contributed by atoms with E-state index in [1.165, 1.54) is 13.2 Å². The van der Waals surface area contributed by atoms with Crippen LogP contribution in [0.4, 0.5) is 5.69 Å². The first-order valence-electron chi connectivity index (χ1n) is 11.4. The zero-order valence-electron chi connectivity index (χ0n) is 19.4. The number of hydrogen-bond donors (Lipinski definition) is 0. The van der Waals surface area contributed by atoms with E-state index in [4.69, 9.17) is 21.1 Å². The van der Waals surface area contributed by atoms with Gasteiger partial charge in [-0.3, -0.25) is 19.2 Å². The van der Waals surface area contributed by atoms with Crippen LogP contribution in [0.15, 0.2) is 66.7 Å². The monoisotopic (exact) mass is 501 g/mol. The Morgan fingerprint density at radius 1 is 0.889 bits per heavy atom. The Hall–Kier alpha value is -3.81. The SMILES string of the molecule is COc1ccc(Cl)cc1N1C(=O)[C@H]2[C@@H](c3ccc(C)cc3)OC3(C(=O)c4ccccc4C3=O)[C@@H]2C1=O. The minimum atomic E-state index is -2.13. The van der Waals surface area contributed by atoms with Crippen molar-refractivity contribution in [3.8, 4) is 5.75 Å². The van der Waals surface area contributed by atoms with Gasteiger partial charge in [-0.05, 0) is 30.7 Å². The molecule has 3 aliphatic rings. The Morgan fingerprint density at radius 3 is 2.14 bits per heavy atom. The molecule has 0 aromatic heterocycles. The van der Waals surface area contributed by atoms with Crippen molar-refractivity contribution in [3.05, 3.63) is 94.0 Å². The maximum Gasteiger partial charge on any atom is 0.241 e. The van der Waals surface area contributed by atoms with Gasteiger partial charge in [-0.2, -0.15) is 0 Å². The molecule has 180 valence electrons. The number of methoxy groups -OCH3 is 1. The quantitative estimate of drug-likeness (QED) is 0.391. The van der Waals surface area contributed by atoms with E-state index in [2.05, 4.69) is 0 Å². The maximum atomic E-state index is 14.0. The van der Waals surface area contributed by atoms with E-state index in [1.807, 2.05) is 19.1 Å². The molecule has 2 fully saturated rings. The fraction of sp³-hybridized carbons (Fsp3) is 0.214. The zero-order valence-corrected chi connectivity index (χ0v) is 20.1. The van der Waals surface area contributed by atoms with Crippen LogP contribution in [0, 0.1) is 18.8 Å². The van der Waals surface area contributed by atoms with Gasteiger partial charge in [0, 0.05) is 16.1 Å². The highest BCUT2D eigenvalue weighted by Gasteiger charge is 2.74. The van der Waals surface area contributed by atoms with Crippen molar-refractivity contribution in [2.75, 3.05) is 12.0 Å². The van der Waals surface area contributed by atoms with Crippen molar-refractivity contribution in [1.82, 2.24) is 0 Å². The van der Waals surface area contributed by atoms with Gasteiger partial charge in [0.05, 0.1) is 30.7 Å². The minimum absolute atomic E-state index is 0.155. The molecule has 0 unspecified atom stereocenters. The molecule has 1 spiro atoms. The van der Waals surface area contributed by atoms with E-state index >= 15 is 0 Å². The molecule has 8 heteroatoms. The van der Waals surface area contributed by atoms with Gasteiger partial charge in [0.2, 0.25) is 29.0 Å². The highest BCUT2D eigenvalue weighted by Crippen LogP contribution is 2.58. The number of carbonyl (C=O) groups excluding carboxylic acids is 4. The molecule has 2 amide bonds. The lowest BCUT2D eigenvalue weighted by Crippen LogP contribution is -2.51. The molecule has 0 N–H and O–H groups in total. The number of imide groups is 1. The number of ketones is 2. The molecular weight excluding hydrogens is 482 g/mol. The van der Waals surface area contributed by atoms with E-state index < -0.39 is 46.9 Å². The first kappa shape index (κ1) is 22.6. The summed E-state index contributed by atoms with van der Waals surface area (Å²) in [6, 6.07) is 18.3. The number of nitrogens with zero attached hydrogens (tertiary/aromatic N) is 1. The molecule has 36 heavy (non-hydrogen) atoms. The number of anilines is 1. The second kappa shape index (κ2) is 7.85. The number of hydrogen-bond acceptors (Lipinski definition) is 6. The van der Waals surface area contributed by atoms with Gasteiger partial charge in [0.25, 0.3) is 0 Å². The van der Waals surface area contributed by atoms with Crippen LogP contribution in [-0.4, -0.2) is 36.1 Å². The van der Waals surface area contributed by atoms with Crippen LogP contribution in [0.3, 0.4) is 0 Å². The van der Waals surface area contributed by atoms with Crippen LogP contribution < -0.4 is 9.64 Å². The van der Waals surface area contributed by atoms with Crippen molar-refractivity contribution < 1.29 is 28.7 Å². The predicted octanol–water partition coefficient (Wildman–Crippen LogP) is 4.35. The lowest BCUT2D eigenvalue weighted by atomic mass is 9.77. The predicted molar refractivity (Wildman–Crippen MR) is 130 cm³/mol. The largest absolute Gasteiger partial charge is 0.495 e. The fourth-order valence-electron chi connectivity index (χ4n) is 5.65. The molecule has 7 nitrogen and oxygen atoms in total. The first-order chi connectivity index (χ1) is 17.3. The standard InChI is InChI=1S/C28H20ClNO6/c1-14-7-9-15(10-8-14)23-21-22(28(36-23)24(31)17-5-3-4-6-18(17)25(28)32)27(34)30(26(21)33)19-13-16(29)11-12-20(19)35-2/h3-13,21-23H,1-2H3/t21-,22+,23-/m1/s1. The van der Waals surface area contributed by atoms with Crippen molar-refractivity contribution in [1.29, 1.82) is 0 Å². The molecule has 2 saturated heterocycles. The average Bonchev–Trinajstić information content (AvgIpc) is 3.44. The summed E-state index contributed by atoms with van der Waals surface area (Å²) in [6.07, 6.45) is -0.982. The number of benzene rings is 3. The van der Waals surface area contributed by atoms with Crippen molar-refractivity contribution >= 4 is 40.7 Å². The lowest BCUT2D eigenvalue weighted by Gasteiger charge is -2.27. The van der Waals surface area contributed by atoms with E-state index in [9.17, 15) is 19.2 Å². The summed E-state index contributed by atoms with van der Waals surface area (Å²) in [5.74, 6) is -4.66. The number of ether oxygens (including phenoxy) is 2. The summed E-state index contributed by atoms with van der Waals surface area (Å²) in [5.41, 5.74) is -0.0121. The lowest BCUT2D eigenvalue weighted by molar-refractivity contribution is -0.127. The van der Waals surface area contributed by atoms with Crippen molar-refractivity contribution in [2.24, 2.45) is 11.8 Å². The molecule has 2 heterocycles. The molecule has 3 aromatic rings. The second-order valence-electron chi connectivity index (χ2n) is 9.22. The third kappa shape index (κ3) is 2.84. The van der Waals surface area contributed by atoms with E-state index in [0.29, 0.717) is 10.6 Å². The topological polar surface area (TPSA) is 90.0 Å². The highest BCUT2D eigenvalue weighted by atomic mass is 35.5. The second-order valence-corrected chi connectivity index (χ2v) is 9.66. The summed E-state index contributed by atoms with van der Waals surface area (Å²) < 4.78 is 11.7. The molecule has 1 aliphatic carbocycles. The number of carbonyl (C=O) groups is 4. The van der Waals surface area contributed by atoms with Gasteiger partial charge >= 0.3 is 0 Å². The van der Waals surface area contributed by atoms with Gasteiger partial charge < -0.3 is 9.47 Å². The van der Waals surface area contributed by atoms with Gasteiger partial charge in [0.15, 0.2) is 0 Å². The highest BCUT2D eigenvalue weighted by molar-refractivity contribution is 6.37. The summed E-state index contributed by atoms with van der Waals surface area (Å²) in [5, 5.41) is 0.296. The molecular formula is C28H20ClNO6. The first-order valence-corrected chi connectivity index (χ1v) is 11.8. The summed E-state index contributed by atoms with van der Waals surface area (Å²) >= 11 is 6.20. The summed E-state index contributed by atoms with van der Waals surface area (Å²) in [6.45, 7) is 1.92. The van der Waals surface area contributed by atoms with Crippen LogP contribution in [-0.2, 0) is 14.3 Å². The number of aryl methyl sites for hydroxylation is 1. The van der Waals surface area contributed by atoms with Gasteiger partial charge in [-0.25, -0.2) is 4.90 Å². The Kier molecular flexibility index (Phi) is 4.94. The van der Waals surface area contributed by atoms with E-state index in [-0.39, 0.29) is 22.6 Å². The molecule has 6 rings (SSSR count). The number of halogens is 1. The van der Waals surface area contributed by atoms with Crippen LogP contribution in [0.5, 0.6) is 5.75 Å². The minimum Gasteiger partial charge on any atom is -0.495 e. The number of rotatable bonds is 3. The zero-order chi connectivity index (χ0) is 25.4. The summed E-state index contributed by atoms with van der Waals surface area (Å²) in [7, 11) is 1.42. The van der Waals surface area contributed by atoms with Crippen LogP contribution in [0.1, 0.15) is 37.9 Å². The van der Waals surface area contributed by atoms with Crippen molar-refractivity contribution in [2.45, 2.75) is 18.6 Å². The van der Waals surface area contributed by atoms with Crippen LogP contribution in [0.2, 0.25) is 5.02 Å². The van der Waals surface area contributed by atoms with Gasteiger partial charge in [-0.15, -0.1) is 0 Å². The maximum absolute atomic E-state index is 14.0. The molecule has 0 radical (unpaired) electrons. The third-order valence-electron chi connectivity index (χ3n) is 7.31. The van der Waals surface area contributed by atoms with Crippen LogP contribution >= 0.6 is 11.6 Å². The smallest absolute Gasteiger partial charge is 0.241 e. The van der Waals surface area contributed by atoms with Gasteiger partial charge in [-0.1, -0.05) is 65.7 Å². The number of amides is 2. The summed E-state index contributed by atoms with van der Waals surface area (Å²) in [4.78, 5) is 56.6. The molecule has 3 atom stereocenters. The fourth-order valence-corrected chi connectivity index (χ4v) is 5.82. The Bertz CT molecular complexity index is 1440. The number of fused-ring (bicyclic) bond motifs is 3. The Morgan fingerprint density at radius 2 is 1.53 bits per heavy atom. The normalized spacial score (nSPS) is 24.0.